The van der Waals surface area contributed by atoms with E-state index in [0.717, 1.165) is 12.4 Å². The minimum absolute atomic E-state index is 0.510. The van der Waals surface area contributed by atoms with E-state index in [1.807, 2.05) is 0 Å². The van der Waals surface area contributed by atoms with E-state index < -0.39 is 0 Å². The van der Waals surface area contributed by atoms with E-state index in [1.165, 1.54) is 51.4 Å². The highest BCUT2D eigenvalue weighted by Gasteiger charge is 2.14. The zero-order chi connectivity index (χ0) is 14.2. The van der Waals surface area contributed by atoms with Crippen LogP contribution in [0.3, 0.4) is 0 Å². The van der Waals surface area contributed by atoms with Crippen molar-refractivity contribution in [2.75, 3.05) is 23.8 Å². The van der Waals surface area contributed by atoms with Crippen LogP contribution < -0.4 is 10.2 Å². The number of unbranched alkanes of at least 4 members (excludes halogenated alkanes) is 1. The predicted molar refractivity (Wildman–Crippen MR) is 83.1 cm³/mol. The van der Waals surface area contributed by atoms with Gasteiger partial charge < -0.3 is 10.2 Å². The number of anilines is 2. The number of nitrogens with zero attached hydrogens (tertiary/aromatic N) is 4. The van der Waals surface area contributed by atoms with Crippen LogP contribution >= 0.6 is 0 Å². The first-order valence-electron chi connectivity index (χ1n) is 7.97. The fourth-order valence-electron chi connectivity index (χ4n) is 2.66. The molecule has 0 spiro atoms. The Morgan fingerprint density at radius 1 is 1.25 bits per heavy atom. The molecule has 5 nitrogen and oxygen atoms in total. The molecule has 1 N–H and O–H groups in total. The van der Waals surface area contributed by atoms with E-state index in [1.54, 1.807) is 6.20 Å². The van der Waals surface area contributed by atoms with Gasteiger partial charge in [0.05, 0.1) is 6.20 Å². The van der Waals surface area contributed by atoms with Crippen molar-refractivity contribution in [3.8, 4) is 0 Å². The second-order valence-corrected chi connectivity index (χ2v) is 5.75. The molecule has 1 fully saturated rings. The summed E-state index contributed by atoms with van der Waals surface area (Å²) in [6, 6.07) is 0.510. The van der Waals surface area contributed by atoms with Gasteiger partial charge in [0.15, 0.2) is 5.82 Å². The number of aromatic nitrogens is 3. The van der Waals surface area contributed by atoms with E-state index in [4.69, 9.17) is 0 Å². The maximum absolute atomic E-state index is 4.59. The molecule has 1 aliphatic carbocycles. The largest absolute Gasteiger partial charge is 0.358 e. The summed E-state index contributed by atoms with van der Waals surface area (Å²) < 4.78 is 0. The molecule has 0 bridgehead atoms. The summed E-state index contributed by atoms with van der Waals surface area (Å²) in [4.78, 5) is 6.74. The van der Waals surface area contributed by atoms with Gasteiger partial charge >= 0.3 is 0 Å². The topological polar surface area (TPSA) is 53.9 Å². The Morgan fingerprint density at radius 2 is 2.00 bits per heavy atom. The molecule has 1 heterocycles. The Hall–Kier alpha value is -1.39. The lowest BCUT2D eigenvalue weighted by Gasteiger charge is -2.19. The van der Waals surface area contributed by atoms with Crippen LogP contribution in [0.15, 0.2) is 6.20 Å². The van der Waals surface area contributed by atoms with Gasteiger partial charge in [-0.15, -0.1) is 5.10 Å². The molecule has 0 atom stereocenters. The highest BCUT2D eigenvalue weighted by atomic mass is 15.3. The van der Waals surface area contributed by atoms with Gasteiger partial charge in [-0.3, -0.25) is 0 Å². The second kappa shape index (κ2) is 8.02. The van der Waals surface area contributed by atoms with E-state index >= 15 is 0 Å². The third kappa shape index (κ3) is 4.62. The molecule has 1 aliphatic rings. The zero-order valence-electron chi connectivity index (χ0n) is 12.8. The van der Waals surface area contributed by atoms with Gasteiger partial charge in [-0.2, -0.15) is 10.1 Å². The maximum atomic E-state index is 4.59. The molecule has 2 rings (SSSR count). The minimum atomic E-state index is 0.510. The predicted octanol–water partition coefficient (Wildman–Crippen LogP) is 3.24. The van der Waals surface area contributed by atoms with E-state index in [0.29, 0.717) is 12.0 Å². The van der Waals surface area contributed by atoms with Crippen LogP contribution in [0.5, 0.6) is 0 Å². The SMILES string of the molecule is CCCCN(C)c1cnnc(NC2CCCCCC2)n1. The highest BCUT2D eigenvalue weighted by Crippen LogP contribution is 2.20. The lowest BCUT2D eigenvalue weighted by molar-refractivity contribution is 0.612. The third-order valence-corrected chi connectivity index (χ3v) is 3.97. The number of hydrogen-bond acceptors (Lipinski definition) is 5. The van der Waals surface area contributed by atoms with E-state index in [9.17, 15) is 0 Å². The summed E-state index contributed by atoms with van der Waals surface area (Å²) in [5.41, 5.74) is 0. The molecular weight excluding hydrogens is 250 g/mol. The quantitative estimate of drug-likeness (QED) is 0.809. The number of nitrogens with one attached hydrogen (secondary N) is 1. The van der Waals surface area contributed by atoms with Crippen molar-refractivity contribution in [1.82, 2.24) is 15.2 Å². The van der Waals surface area contributed by atoms with Crippen LogP contribution in [0.25, 0.3) is 0 Å². The van der Waals surface area contributed by atoms with Crippen LogP contribution in [-0.4, -0.2) is 34.8 Å². The molecule has 1 saturated carbocycles. The highest BCUT2D eigenvalue weighted by molar-refractivity contribution is 5.39. The monoisotopic (exact) mass is 277 g/mol. The summed E-state index contributed by atoms with van der Waals surface area (Å²) in [6.45, 7) is 3.21. The van der Waals surface area contributed by atoms with Gasteiger partial charge in [0, 0.05) is 19.6 Å². The Labute approximate surface area is 122 Å². The fourth-order valence-corrected chi connectivity index (χ4v) is 2.66. The van der Waals surface area contributed by atoms with E-state index in [2.05, 4.69) is 39.4 Å². The van der Waals surface area contributed by atoms with Gasteiger partial charge in [-0.1, -0.05) is 39.0 Å². The Balaban J connectivity index is 1.94. The van der Waals surface area contributed by atoms with Crippen LogP contribution in [0.4, 0.5) is 11.8 Å². The van der Waals surface area contributed by atoms with Crippen molar-refractivity contribution in [3.05, 3.63) is 6.20 Å². The molecule has 1 aromatic rings. The van der Waals surface area contributed by atoms with Gasteiger partial charge in [-0.05, 0) is 19.3 Å². The Bertz CT molecular complexity index is 388. The maximum Gasteiger partial charge on any atom is 0.244 e. The van der Waals surface area contributed by atoms with E-state index in [-0.39, 0.29) is 0 Å². The third-order valence-electron chi connectivity index (χ3n) is 3.97. The van der Waals surface area contributed by atoms with Crippen molar-refractivity contribution < 1.29 is 0 Å². The lowest BCUT2D eigenvalue weighted by atomic mass is 10.1. The van der Waals surface area contributed by atoms with Gasteiger partial charge in [-0.25, -0.2) is 0 Å². The van der Waals surface area contributed by atoms with Crippen LogP contribution in [0, 0.1) is 0 Å². The summed E-state index contributed by atoms with van der Waals surface area (Å²) in [6.07, 6.45) is 11.9. The molecule has 5 heteroatoms. The number of rotatable bonds is 6. The average Bonchev–Trinajstić information content (AvgIpc) is 2.73. The second-order valence-electron chi connectivity index (χ2n) is 5.75. The minimum Gasteiger partial charge on any atom is -0.358 e. The molecule has 1 aromatic heterocycles. The summed E-state index contributed by atoms with van der Waals surface area (Å²) in [5.74, 6) is 1.59. The Morgan fingerprint density at radius 3 is 2.70 bits per heavy atom. The van der Waals surface area contributed by atoms with Gasteiger partial charge in [0.25, 0.3) is 0 Å². The first kappa shape index (κ1) is 15.0. The molecule has 0 saturated heterocycles. The van der Waals surface area contributed by atoms with Crippen molar-refractivity contribution in [1.29, 1.82) is 0 Å². The van der Waals surface area contributed by atoms with Crippen LogP contribution in [-0.2, 0) is 0 Å². The van der Waals surface area contributed by atoms with Gasteiger partial charge in [0.2, 0.25) is 5.95 Å². The van der Waals surface area contributed by atoms with Crippen molar-refractivity contribution >= 4 is 11.8 Å². The molecule has 0 aliphatic heterocycles. The molecule has 0 radical (unpaired) electrons. The summed E-state index contributed by atoms with van der Waals surface area (Å²) in [5, 5.41) is 11.7. The summed E-state index contributed by atoms with van der Waals surface area (Å²) in [7, 11) is 2.06. The Kier molecular flexibility index (Phi) is 6.02. The lowest BCUT2D eigenvalue weighted by Crippen LogP contribution is -2.23. The van der Waals surface area contributed by atoms with Crippen molar-refractivity contribution in [3.63, 3.8) is 0 Å². The molecule has 20 heavy (non-hydrogen) atoms. The molecule has 112 valence electrons. The summed E-state index contributed by atoms with van der Waals surface area (Å²) >= 11 is 0. The smallest absolute Gasteiger partial charge is 0.244 e. The molecule has 0 aromatic carbocycles. The van der Waals surface area contributed by atoms with Crippen molar-refractivity contribution in [2.45, 2.75) is 64.3 Å². The van der Waals surface area contributed by atoms with Gasteiger partial charge in [0.1, 0.15) is 0 Å². The first-order valence-corrected chi connectivity index (χ1v) is 7.97. The molecular formula is C15H27N5. The zero-order valence-corrected chi connectivity index (χ0v) is 12.8. The fraction of sp³-hybridized carbons (Fsp3) is 0.800. The first-order chi connectivity index (χ1) is 9.79. The number of hydrogen-bond donors (Lipinski definition) is 1. The standard InChI is InChI=1S/C15H27N5/c1-3-4-11-20(2)14-12-16-19-15(18-14)17-13-9-7-5-6-8-10-13/h12-13H,3-11H2,1-2H3,(H,17,18,19). The average molecular weight is 277 g/mol. The normalized spacial score (nSPS) is 16.7. The molecule has 0 unspecified atom stereocenters. The van der Waals surface area contributed by atoms with Crippen LogP contribution in [0.1, 0.15) is 58.3 Å². The molecule has 0 amide bonds. The van der Waals surface area contributed by atoms with Crippen molar-refractivity contribution in [2.24, 2.45) is 0 Å². The van der Waals surface area contributed by atoms with Crippen LogP contribution in [0.2, 0.25) is 0 Å².